The van der Waals surface area contributed by atoms with Crippen LogP contribution in [-0.2, 0) is 0 Å². The zero-order valence-electron chi connectivity index (χ0n) is 11.0. The number of hydrogen-bond donors (Lipinski definition) is 1. The molecule has 0 aliphatic rings. The Morgan fingerprint density at radius 2 is 1.82 bits per heavy atom. The molecule has 1 aromatic carbocycles. The van der Waals surface area contributed by atoms with Gasteiger partial charge in [-0.15, -0.1) is 0 Å². The molecule has 0 radical (unpaired) electrons. The summed E-state index contributed by atoms with van der Waals surface area (Å²) in [4.78, 5) is 4.56. The van der Waals surface area contributed by atoms with E-state index in [1.165, 1.54) is 16.5 Å². The minimum Gasteiger partial charge on any atom is -0.324 e. The predicted octanol–water partition coefficient (Wildman–Crippen LogP) is 3.69. The van der Waals surface area contributed by atoms with Gasteiger partial charge in [-0.2, -0.15) is 0 Å². The van der Waals surface area contributed by atoms with Crippen molar-refractivity contribution >= 4 is 10.9 Å². The van der Waals surface area contributed by atoms with Gasteiger partial charge < -0.3 is 5.73 Å². The van der Waals surface area contributed by atoms with Crippen molar-refractivity contribution in [3.63, 3.8) is 0 Å². The highest BCUT2D eigenvalue weighted by molar-refractivity contribution is 5.83. The van der Waals surface area contributed by atoms with Crippen LogP contribution in [0.1, 0.15) is 49.6 Å². The number of nitrogens with two attached hydrogens (primary N) is 1. The fraction of sp³-hybridized carbons (Fsp3) is 0.400. The zero-order valence-corrected chi connectivity index (χ0v) is 11.0. The molecule has 0 amide bonds. The Labute approximate surface area is 103 Å². The van der Waals surface area contributed by atoms with Gasteiger partial charge in [0.05, 0.1) is 5.52 Å². The van der Waals surface area contributed by atoms with Crippen LogP contribution in [0.4, 0.5) is 0 Å². The molecule has 2 heteroatoms. The van der Waals surface area contributed by atoms with Gasteiger partial charge in [0.2, 0.25) is 0 Å². The summed E-state index contributed by atoms with van der Waals surface area (Å²) in [5.74, 6) is 0.529. The van der Waals surface area contributed by atoms with Crippen molar-refractivity contribution in [1.82, 2.24) is 4.98 Å². The van der Waals surface area contributed by atoms with Gasteiger partial charge in [0.1, 0.15) is 0 Å². The molecular formula is C15H20N2. The summed E-state index contributed by atoms with van der Waals surface area (Å²) in [6.45, 7) is 8.45. The van der Waals surface area contributed by atoms with Crippen molar-refractivity contribution in [1.29, 1.82) is 0 Å². The Hall–Kier alpha value is -1.41. The monoisotopic (exact) mass is 228 g/mol. The molecule has 0 bridgehead atoms. The largest absolute Gasteiger partial charge is 0.324 e. The van der Waals surface area contributed by atoms with Crippen molar-refractivity contribution in [2.24, 2.45) is 5.73 Å². The third-order valence-corrected chi connectivity index (χ3v) is 3.15. The first-order chi connectivity index (χ1) is 7.99. The van der Waals surface area contributed by atoms with Gasteiger partial charge in [0.25, 0.3) is 0 Å². The fourth-order valence-electron chi connectivity index (χ4n) is 2.14. The zero-order chi connectivity index (χ0) is 12.6. The lowest BCUT2D eigenvalue weighted by Crippen LogP contribution is -2.07. The number of aromatic nitrogens is 1. The molecule has 0 aliphatic carbocycles. The molecule has 0 saturated heterocycles. The van der Waals surface area contributed by atoms with Crippen LogP contribution in [0.2, 0.25) is 0 Å². The third-order valence-electron chi connectivity index (χ3n) is 3.15. The first-order valence-electron chi connectivity index (χ1n) is 6.16. The highest BCUT2D eigenvalue weighted by Gasteiger charge is 2.09. The highest BCUT2D eigenvalue weighted by atomic mass is 14.7. The van der Waals surface area contributed by atoms with Crippen LogP contribution in [0.5, 0.6) is 0 Å². The van der Waals surface area contributed by atoms with E-state index in [2.05, 4.69) is 43.1 Å². The number of pyridine rings is 1. The molecule has 0 spiro atoms. The topological polar surface area (TPSA) is 38.9 Å². The molecule has 2 rings (SSSR count). The normalized spacial score (nSPS) is 13.3. The number of fused-ring (bicyclic) bond motifs is 1. The van der Waals surface area contributed by atoms with Crippen molar-refractivity contribution in [2.75, 3.05) is 0 Å². The van der Waals surface area contributed by atoms with E-state index in [1.807, 2.05) is 13.8 Å². The van der Waals surface area contributed by atoms with E-state index in [9.17, 15) is 0 Å². The summed E-state index contributed by atoms with van der Waals surface area (Å²) >= 11 is 0. The Balaban J connectivity index is 2.73. The summed E-state index contributed by atoms with van der Waals surface area (Å²) in [6.07, 6.45) is 0. The molecule has 2 aromatic rings. The third kappa shape index (κ3) is 2.32. The molecule has 17 heavy (non-hydrogen) atoms. The van der Waals surface area contributed by atoms with E-state index in [1.54, 1.807) is 0 Å². The van der Waals surface area contributed by atoms with Gasteiger partial charge in [-0.1, -0.05) is 19.9 Å². The lowest BCUT2D eigenvalue weighted by molar-refractivity contribution is 0.821. The summed E-state index contributed by atoms with van der Waals surface area (Å²) in [6, 6.07) is 8.62. The number of hydrogen-bond acceptors (Lipinski definition) is 2. The molecule has 2 N–H and O–H groups in total. The standard InChI is InChI=1S/C15H20N2/c1-9(2)12-5-6-15-14(8-12)13(11(4)16)7-10(3)17-15/h5-9,11H,16H2,1-4H3. The first-order valence-corrected chi connectivity index (χ1v) is 6.16. The van der Waals surface area contributed by atoms with Crippen LogP contribution in [0.3, 0.4) is 0 Å². The predicted molar refractivity (Wildman–Crippen MR) is 73.2 cm³/mol. The lowest BCUT2D eigenvalue weighted by Gasteiger charge is -2.13. The quantitative estimate of drug-likeness (QED) is 0.851. The smallest absolute Gasteiger partial charge is 0.0708 e. The number of aryl methyl sites for hydroxylation is 1. The van der Waals surface area contributed by atoms with Crippen molar-refractivity contribution < 1.29 is 0 Å². The van der Waals surface area contributed by atoms with E-state index in [0.717, 1.165) is 11.2 Å². The average Bonchev–Trinajstić information content (AvgIpc) is 2.26. The molecule has 1 heterocycles. The van der Waals surface area contributed by atoms with Crippen molar-refractivity contribution in [3.05, 3.63) is 41.1 Å². The lowest BCUT2D eigenvalue weighted by atomic mass is 9.96. The molecule has 0 fully saturated rings. The van der Waals surface area contributed by atoms with Crippen LogP contribution < -0.4 is 5.73 Å². The van der Waals surface area contributed by atoms with Crippen LogP contribution in [0, 0.1) is 6.92 Å². The highest BCUT2D eigenvalue weighted by Crippen LogP contribution is 2.26. The van der Waals surface area contributed by atoms with Gasteiger partial charge in [-0.25, -0.2) is 0 Å². The van der Waals surface area contributed by atoms with Crippen molar-refractivity contribution in [2.45, 2.75) is 39.7 Å². The van der Waals surface area contributed by atoms with Crippen LogP contribution in [0.25, 0.3) is 10.9 Å². The number of rotatable bonds is 2. The Kier molecular flexibility index (Phi) is 3.16. The van der Waals surface area contributed by atoms with E-state index >= 15 is 0 Å². The maximum absolute atomic E-state index is 6.05. The Bertz CT molecular complexity index is 542. The fourth-order valence-corrected chi connectivity index (χ4v) is 2.14. The number of nitrogens with zero attached hydrogens (tertiary/aromatic N) is 1. The Morgan fingerprint density at radius 1 is 1.12 bits per heavy atom. The summed E-state index contributed by atoms with van der Waals surface area (Å²) in [7, 11) is 0. The van der Waals surface area contributed by atoms with Crippen molar-refractivity contribution in [3.8, 4) is 0 Å². The van der Waals surface area contributed by atoms with Crippen LogP contribution >= 0.6 is 0 Å². The molecular weight excluding hydrogens is 208 g/mol. The molecule has 0 aliphatic heterocycles. The minimum atomic E-state index is 0.0432. The van der Waals surface area contributed by atoms with Crippen LogP contribution in [0.15, 0.2) is 24.3 Å². The van der Waals surface area contributed by atoms with Gasteiger partial charge >= 0.3 is 0 Å². The number of benzene rings is 1. The second kappa shape index (κ2) is 4.46. The van der Waals surface area contributed by atoms with Gasteiger partial charge in [0, 0.05) is 17.1 Å². The van der Waals surface area contributed by atoms with E-state index in [4.69, 9.17) is 5.73 Å². The summed E-state index contributed by atoms with van der Waals surface area (Å²) in [5.41, 5.74) is 10.6. The molecule has 90 valence electrons. The maximum Gasteiger partial charge on any atom is 0.0708 e. The summed E-state index contributed by atoms with van der Waals surface area (Å²) in [5, 5.41) is 1.19. The van der Waals surface area contributed by atoms with Gasteiger partial charge in [-0.05, 0) is 49.1 Å². The molecule has 1 aromatic heterocycles. The maximum atomic E-state index is 6.05. The second-order valence-corrected chi connectivity index (χ2v) is 5.07. The summed E-state index contributed by atoms with van der Waals surface area (Å²) < 4.78 is 0. The van der Waals surface area contributed by atoms with E-state index in [-0.39, 0.29) is 6.04 Å². The van der Waals surface area contributed by atoms with E-state index in [0.29, 0.717) is 5.92 Å². The Morgan fingerprint density at radius 3 is 2.41 bits per heavy atom. The minimum absolute atomic E-state index is 0.0432. The molecule has 0 saturated carbocycles. The molecule has 1 atom stereocenters. The van der Waals surface area contributed by atoms with Crippen LogP contribution in [-0.4, -0.2) is 4.98 Å². The van der Waals surface area contributed by atoms with Gasteiger partial charge in [0.15, 0.2) is 0 Å². The van der Waals surface area contributed by atoms with Gasteiger partial charge in [-0.3, -0.25) is 4.98 Å². The molecule has 2 nitrogen and oxygen atoms in total. The average molecular weight is 228 g/mol. The molecule has 1 unspecified atom stereocenters. The SMILES string of the molecule is Cc1cc(C(C)N)c2cc(C(C)C)ccc2n1. The first kappa shape index (κ1) is 12.1. The second-order valence-electron chi connectivity index (χ2n) is 5.07. The van der Waals surface area contributed by atoms with E-state index < -0.39 is 0 Å².